The Kier molecular flexibility index (Phi) is 4.76. The summed E-state index contributed by atoms with van der Waals surface area (Å²) >= 11 is 0. The first-order valence-electron chi connectivity index (χ1n) is 7.93. The standard InChI is InChI=1S/C18H29NO2/c1-14(16-9-7-15(13-20)8-10-16)21-19-17(2,3)11-6-12-18(19,4)5/h7-10,14,20H,6,11-13H2,1-5H3. The highest BCUT2D eigenvalue weighted by Gasteiger charge is 2.43. The Morgan fingerprint density at radius 3 is 2.10 bits per heavy atom. The van der Waals surface area contributed by atoms with Crippen molar-refractivity contribution < 1.29 is 9.94 Å². The molecule has 1 atom stereocenters. The van der Waals surface area contributed by atoms with Crippen LogP contribution in [0.4, 0.5) is 0 Å². The number of hydrogen-bond acceptors (Lipinski definition) is 3. The number of hydroxylamine groups is 2. The first-order chi connectivity index (χ1) is 9.76. The number of aliphatic hydroxyl groups is 1. The van der Waals surface area contributed by atoms with Crippen LogP contribution in [0, 0.1) is 0 Å². The lowest BCUT2D eigenvalue weighted by Gasteiger charge is -2.52. The Hall–Kier alpha value is -0.900. The molecule has 1 fully saturated rings. The number of piperidine rings is 1. The van der Waals surface area contributed by atoms with Crippen molar-refractivity contribution in [1.29, 1.82) is 0 Å². The highest BCUT2D eigenvalue weighted by molar-refractivity contribution is 5.23. The van der Waals surface area contributed by atoms with Crippen LogP contribution in [0.3, 0.4) is 0 Å². The van der Waals surface area contributed by atoms with Crippen molar-refractivity contribution in [3.05, 3.63) is 35.4 Å². The molecule has 0 saturated carbocycles. The minimum absolute atomic E-state index is 0.00870. The fourth-order valence-corrected chi connectivity index (χ4v) is 3.37. The second-order valence-corrected chi connectivity index (χ2v) is 7.42. The van der Waals surface area contributed by atoms with Crippen LogP contribution < -0.4 is 0 Å². The van der Waals surface area contributed by atoms with Gasteiger partial charge in [0.25, 0.3) is 0 Å². The van der Waals surface area contributed by atoms with E-state index in [4.69, 9.17) is 9.94 Å². The number of aliphatic hydroxyl groups excluding tert-OH is 1. The second kappa shape index (κ2) is 6.07. The summed E-state index contributed by atoms with van der Waals surface area (Å²) in [6, 6.07) is 8.00. The maximum absolute atomic E-state index is 9.13. The lowest BCUT2D eigenvalue weighted by Crippen LogP contribution is -2.58. The lowest BCUT2D eigenvalue weighted by atomic mass is 9.82. The molecule has 3 nitrogen and oxygen atoms in total. The summed E-state index contributed by atoms with van der Waals surface area (Å²) in [6.45, 7) is 11.2. The Labute approximate surface area is 128 Å². The smallest absolute Gasteiger partial charge is 0.102 e. The van der Waals surface area contributed by atoms with Gasteiger partial charge in [0, 0.05) is 11.1 Å². The third-order valence-electron chi connectivity index (χ3n) is 4.57. The van der Waals surface area contributed by atoms with Gasteiger partial charge in [0.05, 0.1) is 6.61 Å². The monoisotopic (exact) mass is 291 g/mol. The quantitative estimate of drug-likeness (QED) is 0.901. The maximum Gasteiger partial charge on any atom is 0.102 e. The summed E-state index contributed by atoms with van der Waals surface area (Å²) in [5, 5.41) is 11.3. The van der Waals surface area contributed by atoms with E-state index in [0.29, 0.717) is 0 Å². The fourth-order valence-electron chi connectivity index (χ4n) is 3.37. The van der Waals surface area contributed by atoms with Crippen LogP contribution in [0.15, 0.2) is 24.3 Å². The molecule has 1 aromatic rings. The predicted molar refractivity (Wildman–Crippen MR) is 85.7 cm³/mol. The molecular weight excluding hydrogens is 262 g/mol. The summed E-state index contributed by atoms with van der Waals surface area (Å²) in [5.41, 5.74) is 2.19. The van der Waals surface area contributed by atoms with Crippen molar-refractivity contribution in [2.45, 2.75) is 77.7 Å². The number of hydrogen-bond donors (Lipinski definition) is 1. The van der Waals surface area contributed by atoms with E-state index in [-0.39, 0.29) is 23.8 Å². The average molecular weight is 291 g/mol. The van der Waals surface area contributed by atoms with Gasteiger partial charge in [-0.2, -0.15) is 5.06 Å². The molecule has 1 aliphatic heterocycles. The lowest BCUT2D eigenvalue weighted by molar-refractivity contribution is -0.304. The van der Waals surface area contributed by atoms with E-state index >= 15 is 0 Å². The molecule has 1 aromatic carbocycles. The van der Waals surface area contributed by atoms with E-state index in [2.05, 4.69) is 39.7 Å². The fraction of sp³-hybridized carbons (Fsp3) is 0.667. The van der Waals surface area contributed by atoms with Gasteiger partial charge in [-0.3, -0.25) is 4.84 Å². The van der Waals surface area contributed by atoms with Crippen LogP contribution in [0.2, 0.25) is 0 Å². The van der Waals surface area contributed by atoms with Gasteiger partial charge in [-0.1, -0.05) is 24.3 Å². The largest absolute Gasteiger partial charge is 0.392 e. The van der Waals surface area contributed by atoms with Gasteiger partial charge in [0.1, 0.15) is 6.10 Å². The summed E-state index contributed by atoms with van der Waals surface area (Å²) in [4.78, 5) is 6.35. The highest BCUT2D eigenvalue weighted by atomic mass is 16.7. The number of nitrogens with zero attached hydrogens (tertiary/aromatic N) is 1. The van der Waals surface area contributed by atoms with Gasteiger partial charge in [0.15, 0.2) is 0 Å². The summed E-state index contributed by atoms with van der Waals surface area (Å²) in [6.07, 6.45) is 3.58. The molecule has 1 unspecified atom stereocenters. The molecule has 1 heterocycles. The van der Waals surface area contributed by atoms with E-state index in [9.17, 15) is 0 Å². The molecule has 2 rings (SSSR count). The van der Waals surface area contributed by atoms with E-state index in [0.717, 1.165) is 24.0 Å². The van der Waals surface area contributed by atoms with E-state index in [1.165, 1.54) is 6.42 Å². The van der Waals surface area contributed by atoms with Crippen molar-refractivity contribution in [3.63, 3.8) is 0 Å². The topological polar surface area (TPSA) is 32.7 Å². The summed E-state index contributed by atoms with van der Waals surface area (Å²) in [5.74, 6) is 0. The summed E-state index contributed by atoms with van der Waals surface area (Å²) < 4.78 is 0. The van der Waals surface area contributed by atoms with Gasteiger partial charge in [-0.05, 0) is 65.0 Å². The first kappa shape index (κ1) is 16.5. The van der Waals surface area contributed by atoms with Crippen LogP contribution in [-0.4, -0.2) is 21.2 Å². The normalized spacial score (nSPS) is 23.0. The SMILES string of the molecule is CC(ON1C(C)(C)CCCC1(C)C)c1ccc(CO)cc1. The van der Waals surface area contributed by atoms with Crippen molar-refractivity contribution >= 4 is 0 Å². The van der Waals surface area contributed by atoms with Gasteiger partial charge < -0.3 is 5.11 Å². The predicted octanol–water partition coefficient (Wildman–Crippen LogP) is 4.21. The first-order valence-corrected chi connectivity index (χ1v) is 7.93. The molecule has 1 N–H and O–H groups in total. The van der Waals surface area contributed by atoms with Gasteiger partial charge in [-0.15, -0.1) is 0 Å². The summed E-state index contributed by atoms with van der Waals surface area (Å²) in [7, 11) is 0. The highest BCUT2D eigenvalue weighted by Crippen LogP contribution is 2.40. The van der Waals surface area contributed by atoms with E-state index in [1.807, 2.05) is 24.3 Å². The van der Waals surface area contributed by atoms with Crippen molar-refractivity contribution in [1.82, 2.24) is 5.06 Å². The number of benzene rings is 1. The zero-order chi connectivity index (χ0) is 15.7. The Morgan fingerprint density at radius 2 is 1.62 bits per heavy atom. The molecule has 21 heavy (non-hydrogen) atoms. The van der Waals surface area contributed by atoms with Crippen LogP contribution >= 0.6 is 0 Å². The van der Waals surface area contributed by atoms with Crippen LogP contribution in [0.5, 0.6) is 0 Å². The maximum atomic E-state index is 9.13. The molecule has 0 aliphatic carbocycles. The Morgan fingerprint density at radius 1 is 1.10 bits per heavy atom. The Balaban J connectivity index is 2.14. The molecule has 1 saturated heterocycles. The number of rotatable bonds is 4. The molecule has 0 radical (unpaired) electrons. The molecular formula is C18H29NO2. The van der Waals surface area contributed by atoms with Gasteiger partial charge in [-0.25, -0.2) is 0 Å². The molecule has 0 aromatic heterocycles. The zero-order valence-electron chi connectivity index (χ0n) is 14.0. The molecule has 118 valence electrons. The van der Waals surface area contributed by atoms with Gasteiger partial charge >= 0.3 is 0 Å². The molecule has 0 spiro atoms. The Bertz CT molecular complexity index is 449. The molecule has 1 aliphatic rings. The van der Waals surface area contributed by atoms with E-state index < -0.39 is 0 Å². The van der Waals surface area contributed by atoms with Crippen LogP contribution in [0.1, 0.15) is 71.1 Å². The van der Waals surface area contributed by atoms with Crippen molar-refractivity contribution in [2.24, 2.45) is 0 Å². The minimum Gasteiger partial charge on any atom is -0.392 e. The zero-order valence-corrected chi connectivity index (χ0v) is 14.0. The molecule has 0 amide bonds. The average Bonchev–Trinajstić information content (AvgIpc) is 2.42. The second-order valence-electron chi connectivity index (χ2n) is 7.42. The van der Waals surface area contributed by atoms with Crippen molar-refractivity contribution in [3.8, 4) is 0 Å². The third-order valence-corrected chi connectivity index (χ3v) is 4.57. The third kappa shape index (κ3) is 3.65. The molecule has 3 heteroatoms. The van der Waals surface area contributed by atoms with Gasteiger partial charge in [0.2, 0.25) is 0 Å². The van der Waals surface area contributed by atoms with Crippen LogP contribution in [-0.2, 0) is 11.4 Å². The van der Waals surface area contributed by atoms with Crippen LogP contribution in [0.25, 0.3) is 0 Å². The van der Waals surface area contributed by atoms with E-state index in [1.54, 1.807) is 0 Å². The minimum atomic E-state index is 0.00870. The molecule has 0 bridgehead atoms. The van der Waals surface area contributed by atoms with Crippen molar-refractivity contribution in [2.75, 3.05) is 0 Å².